The predicted molar refractivity (Wildman–Crippen MR) is 152 cm³/mol. The third kappa shape index (κ3) is 5.43. The van der Waals surface area contributed by atoms with Crippen LogP contribution in [0, 0.1) is 5.82 Å². The highest BCUT2D eigenvalue weighted by Crippen LogP contribution is 2.28. The van der Waals surface area contributed by atoms with Gasteiger partial charge >= 0.3 is 0 Å². The van der Waals surface area contributed by atoms with Gasteiger partial charge in [-0.15, -0.1) is 0 Å². The molecule has 1 fully saturated rings. The molecule has 6 rings (SSSR count). The van der Waals surface area contributed by atoms with Crippen molar-refractivity contribution in [1.82, 2.24) is 34.5 Å². The van der Waals surface area contributed by atoms with Crippen molar-refractivity contribution in [2.45, 2.75) is 38.1 Å². The molecule has 2 N–H and O–H groups in total. The summed E-state index contributed by atoms with van der Waals surface area (Å²) < 4.78 is 23.2. The maximum Gasteiger partial charge on any atom is 0.281 e. The zero-order valence-electron chi connectivity index (χ0n) is 23.0. The number of likely N-dealkylation sites (tertiary alicyclic amines) is 1. The molecular formula is C30H32FN7O3. The number of nitrogens with zero attached hydrogens (tertiary/aromatic N) is 6. The normalized spacial score (nSPS) is 15.5. The minimum Gasteiger partial charge on any atom is -0.444 e. The van der Waals surface area contributed by atoms with Crippen LogP contribution in [0.5, 0.6) is 0 Å². The minimum absolute atomic E-state index is 0.119. The second-order valence-corrected chi connectivity index (χ2v) is 10.7. The second-order valence-electron chi connectivity index (χ2n) is 10.7. The van der Waals surface area contributed by atoms with Gasteiger partial charge in [-0.05, 0) is 31.5 Å². The fourth-order valence-corrected chi connectivity index (χ4v) is 5.55. The van der Waals surface area contributed by atoms with E-state index in [1.807, 2.05) is 37.4 Å². The molecule has 5 aromatic rings. The number of aliphatic hydroxyl groups is 1. The summed E-state index contributed by atoms with van der Waals surface area (Å²) in [7, 11) is 3.70. The SMILES string of the molecule is CNCc1ccc(-c2c3ncn(CC4(O)CCN(Cc5ccc(-c6cnco6)cc5F)CC4)c(=O)c3nn2C)cc1. The van der Waals surface area contributed by atoms with Gasteiger partial charge in [-0.3, -0.25) is 18.9 Å². The van der Waals surface area contributed by atoms with Crippen molar-refractivity contribution >= 4 is 11.0 Å². The van der Waals surface area contributed by atoms with E-state index in [0.29, 0.717) is 54.9 Å². The number of piperidine rings is 1. The molecular weight excluding hydrogens is 525 g/mol. The molecule has 0 unspecified atom stereocenters. The van der Waals surface area contributed by atoms with Crippen LogP contribution in [0.15, 0.2) is 70.6 Å². The number of aromatic nitrogens is 5. The van der Waals surface area contributed by atoms with Crippen LogP contribution in [0.1, 0.15) is 24.0 Å². The number of nitrogens with one attached hydrogen (secondary N) is 1. The lowest BCUT2D eigenvalue weighted by molar-refractivity contribution is -0.0366. The molecule has 0 bridgehead atoms. The van der Waals surface area contributed by atoms with E-state index in [-0.39, 0.29) is 23.4 Å². The first-order chi connectivity index (χ1) is 19.8. The number of hydrogen-bond donors (Lipinski definition) is 2. The first kappa shape index (κ1) is 27.0. The Morgan fingerprint density at radius 1 is 1.10 bits per heavy atom. The van der Waals surface area contributed by atoms with Crippen LogP contribution in [0.3, 0.4) is 0 Å². The molecule has 212 valence electrons. The minimum atomic E-state index is -1.08. The molecule has 0 saturated carbocycles. The summed E-state index contributed by atoms with van der Waals surface area (Å²) in [5, 5.41) is 19.0. The summed E-state index contributed by atoms with van der Waals surface area (Å²) in [5.41, 5.74) is 3.51. The molecule has 10 nitrogen and oxygen atoms in total. The van der Waals surface area contributed by atoms with Gasteiger partial charge in [-0.1, -0.05) is 36.4 Å². The van der Waals surface area contributed by atoms with Crippen molar-refractivity contribution in [3.63, 3.8) is 0 Å². The van der Waals surface area contributed by atoms with Gasteiger partial charge in [-0.2, -0.15) is 5.10 Å². The van der Waals surface area contributed by atoms with E-state index in [9.17, 15) is 14.3 Å². The van der Waals surface area contributed by atoms with Gasteiger partial charge in [-0.25, -0.2) is 14.4 Å². The van der Waals surface area contributed by atoms with Gasteiger partial charge in [0.2, 0.25) is 0 Å². The molecule has 41 heavy (non-hydrogen) atoms. The highest BCUT2D eigenvalue weighted by atomic mass is 19.1. The lowest BCUT2D eigenvalue weighted by Crippen LogP contribution is -2.47. The van der Waals surface area contributed by atoms with Gasteiger partial charge in [0.1, 0.15) is 11.3 Å². The Morgan fingerprint density at radius 2 is 1.85 bits per heavy atom. The Labute approximate surface area is 236 Å². The first-order valence-corrected chi connectivity index (χ1v) is 13.6. The maximum absolute atomic E-state index is 14.8. The summed E-state index contributed by atoms with van der Waals surface area (Å²) in [6.45, 7) is 2.46. The summed E-state index contributed by atoms with van der Waals surface area (Å²) in [5.74, 6) is 0.205. The lowest BCUT2D eigenvalue weighted by Gasteiger charge is -2.38. The number of benzene rings is 2. The van der Waals surface area contributed by atoms with Crippen LogP contribution in [0.4, 0.5) is 4.39 Å². The third-order valence-electron chi connectivity index (χ3n) is 7.84. The molecule has 4 heterocycles. The highest BCUT2D eigenvalue weighted by Gasteiger charge is 2.33. The van der Waals surface area contributed by atoms with Gasteiger partial charge in [0.15, 0.2) is 17.7 Å². The lowest BCUT2D eigenvalue weighted by atomic mass is 9.91. The van der Waals surface area contributed by atoms with Gasteiger partial charge in [0.05, 0.1) is 30.4 Å². The van der Waals surface area contributed by atoms with E-state index in [2.05, 4.69) is 25.3 Å². The summed E-state index contributed by atoms with van der Waals surface area (Å²) in [4.78, 5) is 24.0. The van der Waals surface area contributed by atoms with Crippen molar-refractivity contribution in [2.24, 2.45) is 7.05 Å². The molecule has 0 amide bonds. The van der Waals surface area contributed by atoms with Crippen molar-refractivity contribution < 1.29 is 13.9 Å². The van der Waals surface area contributed by atoms with E-state index in [1.165, 1.54) is 23.4 Å². The van der Waals surface area contributed by atoms with Crippen molar-refractivity contribution in [2.75, 3.05) is 20.1 Å². The first-order valence-electron chi connectivity index (χ1n) is 13.6. The van der Waals surface area contributed by atoms with Crippen molar-refractivity contribution in [3.8, 4) is 22.6 Å². The van der Waals surface area contributed by atoms with Crippen LogP contribution in [-0.4, -0.2) is 60.1 Å². The number of fused-ring (bicyclic) bond motifs is 1. The molecule has 1 aliphatic rings. The Kier molecular flexibility index (Phi) is 7.24. The quantitative estimate of drug-likeness (QED) is 0.299. The topological polar surface area (TPSA) is 114 Å². The number of halogens is 1. The van der Waals surface area contributed by atoms with Crippen LogP contribution in [-0.2, 0) is 26.7 Å². The molecule has 0 atom stereocenters. The average molecular weight is 558 g/mol. The Morgan fingerprint density at radius 3 is 2.54 bits per heavy atom. The van der Waals surface area contributed by atoms with Crippen LogP contribution in [0.25, 0.3) is 33.6 Å². The third-order valence-corrected chi connectivity index (χ3v) is 7.84. The van der Waals surface area contributed by atoms with E-state index < -0.39 is 5.60 Å². The molecule has 0 radical (unpaired) electrons. The molecule has 11 heteroatoms. The average Bonchev–Trinajstić information content (AvgIpc) is 3.62. The largest absolute Gasteiger partial charge is 0.444 e. The van der Waals surface area contributed by atoms with E-state index in [0.717, 1.165) is 23.4 Å². The van der Waals surface area contributed by atoms with Gasteiger partial charge < -0.3 is 14.8 Å². The fourth-order valence-electron chi connectivity index (χ4n) is 5.55. The van der Waals surface area contributed by atoms with E-state index in [4.69, 9.17) is 4.42 Å². The van der Waals surface area contributed by atoms with Gasteiger partial charge in [0.25, 0.3) is 5.56 Å². The van der Waals surface area contributed by atoms with Crippen molar-refractivity contribution in [3.05, 3.63) is 88.7 Å². The standard InChI is InChI=1S/C30H32FN7O3/c1-32-14-20-3-5-21(6-4-20)28-26-27(35-36(28)2)29(39)38(18-34-26)17-30(40)9-11-37(12-10-30)16-23-8-7-22(13-24(23)31)25-15-33-19-41-25/h3-8,13,15,18-19,32,40H,9-12,14,16-17H2,1-2H3. The predicted octanol–water partition coefficient (Wildman–Crippen LogP) is 3.34. The number of hydrogen-bond acceptors (Lipinski definition) is 8. The van der Waals surface area contributed by atoms with E-state index >= 15 is 0 Å². The van der Waals surface area contributed by atoms with Crippen LogP contribution >= 0.6 is 0 Å². The summed E-state index contributed by atoms with van der Waals surface area (Å²) in [6.07, 6.45) is 5.26. The Bertz CT molecular complexity index is 1720. The number of rotatable bonds is 8. The van der Waals surface area contributed by atoms with Crippen LogP contribution in [0.2, 0.25) is 0 Å². The van der Waals surface area contributed by atoms with Gasteiger partial charge in [0, 0.05) is 49.9 Å². The number of oxazole rings is 1. The summed E-state index contributed by atoms with van der Waals surface area (Å²) >= 11 is 0. The smallest absolute Gasteiger partial charge is 0.281 e. The Balaban J connectivity index is 1.14. The zero-order chi connectivity index (χ0) is 28.6. The maximum atomic E-state index is 14.8. The van der Waals surface area contributed by atoms with Crippen molar-refractivity contribution in [1.29, 1.82) is 0 Å². The molecule has 0 spiro atoms. The molecule has 1 aliphatic heterocycles. The molecule has 0 aliphatic carbocycles. The molecule has 2 aromatic carbocycles. The van der Waals surface area contributed by atoms with Crippen LogP contribution < -0.4 is 10.9 Å². The summed E-state index contributed by atoms with van der Waals surface area (Å²) in [6, 6.07) is 13.1. The second kappa shape index (κ2) is 11.0. The Hall–Kier alpha value is -4.19. The monoisotopic (exact) mass is 557 g/mol. The molecule has 1 saturated heterocycles. The fraction of sp³-hybridized carbons (Fsp3) is 0.333. The zero-order valence-corrected chi connectivity index (χ0v) is 23.0. The van der Waals surface area contributed by atoms with E-state index in [1.54, 1.807) is 24.0 Å². The number of aryl methyl sites for hydroxylation is 1. The highest BCUT2D eigenvalue weighted by molar-refractivity contribution is 5.89. The molecule has 3 aromatic heterocycles.